The molecule has 1 amide bonds. The van der Waals surface area contributed by atoms with Crippen LogP contribution >= 0.6 is 11.3 Å². The Bertz CT molecular complexity index is 1260. The number of carbonyl (C=O) groups is 2. The van der Waals surface area contributed by atoms with Gasteiger partial charge in [0.05, 0.1) is 5.56 Å². The molecule has 2 aromatic carbocycles. The number of thiophene rings is 1. The predicted octanol–water partition coefficient (Wildman–Crippen LogP) is 3.14. The predicted molar refractivity (Wildman–Crippen MR) is 121 cm³/mol. The van der Waals surface area contributed by atoms with Crippen molar-refractivity contribution < 1.29 is 32.2 Å². The highest BCUT2D eigenvalue weighted by atomic mass is 32.2. The first kappa shape index (κ1) is 22.6. The van der Waals surface area contributed by atoms with E-state index < -0.39 is 28.0 Å². The Morgan fingerprint density at radius 3 is 2.58 bits per heavy atom. The van der Waals surface area contributed by atoms with Crippen molar-refractivity contribution in [2.45, 2.75) is 23.8 Å². The lowest BCUT2D eigenvalue weighted by Crippen LogP contribution is -2.35. The van der Waals surface area contributed by atoms with Gasteiger partial charge in [0.1, 0.15) is 4.21 Å². The molecule has 0 fully saturated rings. The topological polar surface area (TPSA) is 120 Å². The molecule has 0 spiro atoms. The second-order valence-electron chi connectivity index (χ2n) is 7.07. The van der Waals surface area contributed by atoms with Gasteiger partial charge in [-0.2, -0.15) is 0 Å². The summed E-state index contributed by atoms with van der Waals surface area (Å²) in [5.41, 5.74) is 1.30. The van der Waals surface area contributed by atoms with E-state index in [0.717, 1.165) is 16.9 Å². The molecule has 33 heavy (non-hydrogen) atoms. The molecule has 4 rings (SSSR count). The largest absolute Gasteiger partial charge is 0.454 e. The number of esters is 1. The third-order valence-electron chi connectivity index (χ3n) is 4.69. The number of carbonyl (C=O) groups excluding carboxylic acids is 2. The molecule has 0 saturated heterocycles. The molecule has 0 aliphatic carbocycles. The number of nitrogens with one attached hydrogen (secondary N) is 2. The Kier molecular flexibility index (Phi) is 6.52. The Balaban J connectivity index is 1.29. The Labute approximate surface area is 194 Å². The van der Waals surface area contributed by atoms with Gasteiger partial charge in [0.2, 0.25) is 6.79 Å². The molecule has 2 heterocycles. The van der Waals surface area contributed by atoms with Crippen LogP contribution in [0.5, 0.6) is 11.5 Å². The van der Waals surface area contributed by atoms with E-state index in [0.29, 0.717) is 17.2 Å². The SMILES string of the molecule is C[C@@H](OC(=O)c1ccc(NS(=O)(=O)c2cccs2)cc1)C(=O)NCc1ccc2c(c1)OCO2. The summed E-state index contributed by atoms with van der Waals surface area (Å²) in [4.78, 5) is 24.7. The first-order chi connectivity index (χ1) is 15.8. The summed E-state index contributed by atoms with van der Waals surface area (Å²) in [7, 11) is -3.68. The van der Waals surface area contributed by atoms with Crippen LogP contribution in [0.1, 0.15) is 22.8 Å². The number of anilines is 1. The van der Waals surface area contributed by atoms with Crippen LogP contribution in [0, 0.1) is 0 Å². The molecule has 1 aromatic heterocycles. The Morgan fingerprint density at radius 1 is 1.09 bits per heavy atom. The molecule has 0 bridgehead atoms. The minimum atomic E-state index is -3.68. The fraction of sp³-hybridized carbons (Fsp3) is 0.182. The van der Waals surface area contributed by atoms with Crippen LogP contribution in [0.15, 0.2) is 64.2 Å². The van der Waals surface area contributed by atoms with Gasteiger partial charge in [-0.1, -0.05) is 12.1 Å². The van der Waals surface area contributed by atoms with Gasteiger partial charge in [-0.15, -0.1) is 11.3 Å². The van der Waals surface area contributed by atoms with Crippen molar-refractivity contribution >= 4 is 38.9 Å². The summed E-state index contributed by atoms with van der Waals surface area (Å²) in [6, 6.07) is 14.2. The number of ether oxygens (including phenoxy) is 3. The summed E-state index contributed by atoms with van der Waals surface area (Å²) in [5, 5.41) is 4.37. The Morgan fingerprint density at radius 2 is 1.85 bits per heavy atom. The Hall–Kier alpha value is -3.57. The van der Waals surface area contributed by atoms with Crippen molar-refractivity contribution in [1.29, 1.82) is 0 Å². The summed E-state index contributed by atoms with van der Waals surface area (Å²) in [5.74, 6) is 0.106. The number of hydrogen-bond donors (Lipinski definition) is 2. The van der Waals surface area contributed by atoms with Crippen LogP contribution < -0.4 is 19.5 Å². The highest BCUT2D eigenvalue weighted by Gasteiger charge is 2.20. The average Bonchev–Trinajstić information content (AvgIpc) is 3.49. The van der Waals surface area contributed by atoms with Crippen LogP contribution in [0.3, 0.4) is 0 Å². The number of benzene rings is 2. The molecule has 2 N–H and O–H groups in total. The van der Waals surface area contributed by atoms with Crippen LogP contribution in [0.4, 0.5) is 5.69 Å². The minimum Gasteiger partial charge on any atom is -0.454 e. The van der Waals surface area contributed by atoms with E-state index in [1.165, 1.54) is 37.3 Å². The molecule has 1 aliphatic rings. The van der Waals surface area contributed by atoms with Crippen molar-refractivity contribution in [2.75, 3.05) is 11.5 Å². The van der Waals surface area contributed by atoms with Crippen LogP contribution in [-0.4, -0.2) is 33.2 Å². The lowest BCUT2D eigenvalue weighted by molar-refractivity contribution is -0.129. The first-order valence-corrected chi connectivity index (χ1v) is 12.2. The van der Waals surface area contributed by atoms with E-state index in [1.54, 1.807) is 29.6 Å². The van der Waals surface area contributed by atoms with Gasteiger partial charge in [-0.3, -0.25) is 9.52 Å². The van der Waals surface area contributed by atoms with E-state index in [1.807, 2.05) is 0 Å². The lowest BCUT2D eigenvalue weighted by atomic mass is 10.2. The number of fused-ring (bicyclic) bond motifs is 1. The number of hydrogen-bond acceptors (Lipinski definition) is 8. The van der Waals surface area contributed by atoms with E-state index in [2.05, 4.69) is 10.0 Å². The monoisotopic (exact) mass is 488 g/mol. The summed E-state index contributed by atoms with van der Waals surface area (Å²) >= 11 is 1.10. The fourth-order valence-electron chi connectivity index (χ4n) is 2.96. The molecule has 172 valence electrons. The summed E-state index contributed by atoms with van der Waals surface area (Å²) in [6.07, 6.45) is -1.02. The molecular formula is C22H20N2O7S2. The summed E-state index contributed by atoms with van der Waals surface area (Å²) < 4.78 is 43.0. The van der Waals surface area contributed by atoms with Crippen molar-refractivity contribution in [2.24, 2.45) is 0 Å². The second kappa shape index (κ2) is 9.51. The number of amides is 1. The van der Waals surface area contributed by atoms with Crippen LogP contribution in [-0.2, 0) is 26.1 Å². The normalized spacial score (nSPS) is 13.2. The van der Waals surface area contributed by atoms with Gasteiger partial charge in [0.25, 0.3) is 15.9 Å². The smallest absolute Gasteiger partial charge is 0.338 e. The zero-order chi connectivity index (χ0) is 23.4. The van der Waals surface area contributed by atoms with E-state index in [-0.39, 0.29) is 23.1 Å². The van der Waals surface area contributed by atoms with Crippen molar-refractivity contribution in [3.05, 3.63) is 71.1 Å². The van der Waals surface area contributed by atoms with Gasteiger partial charge < -0.3 is 19.5 Å². The zero-order valence-electron chi connectivity index (χ0n) is 17.4. The number of rotatable bonds is 8. The molecule has 0 saturated carbocycles. The van der Waals surface area contributed by atoms with Gasteiger partial charge in [0, 0.05) is 12.2 Å². The van der Waals surface area contributed by atoms with Crippen molar-refractivity contribution in [3.63, 3.8) is 0 Å². The molecule has 1 atom stereocenters. The second-order valence-corrected chi connectivity index (χ2v) is 9.92. The minimum absolute atomic E-state index is 0.166. The fourth-order valence-corrected chi connectivity index (χ4v) is 5.01. The highest BCUT2D eigenvalue weighted by Crippen LogP contribution is 2.32. The van der Waals surface area contributed by atoms with E-state index in [9.17, 15) is 18.0 Å². The maximum Gasteiger partial charge on any atom is 0.338 e. The van der Waals surface area contributed by atoms with Gasteiger partial charge in [0.15, 0.2) is 17.6 Å². The molecule has 3 aromatic rings. The maximum absolute atomic E-state index is 12.4. The van der Waals surface area contributed by atoms with Gasteiger partial charge in [-0.05, 0) is 60.3 Å². The standard InChI is InChI=1S/C22H20N2O7S2/c1-14(21(25)23-12-15-4-9-18-19(11-15)30-13-29-18)31-22(26)16-5-7-17(8-6-16)24-33(27,28)20-3-2-10-32-20/h2-11,14,24H,12-13H2,1H3,(H,23,25)/t14-/m1/s1. The van der Waals surface area contributed by atoms with Gasteiger partial charge >= 0.3 is 5.97 Å². The lowest BCUT2D eigenvalue weighted by Gasteiger charge is -2.14. The molecule has 9 nitrogen and oxygen atoms in total. The van der Waals surface area contributed by atoms with Crippen LogP contribution in [0.25, 0.3) is 0 Å². The third kappa shape index (κ3) is 5.44. The first-order valence-electron chi connectivity index (χ1n) is 9.85. The molecule has 11 heteroatoms. The van der Waals surface area contributed by atoms with E-state index in [4.69, 9.17) is 14.2 Å². The molecule has 0 unspecified atom stereocenters. The molecule has 1 aliphatic heterocycles. The van der Waals surface area contributed by atoms with Crippen molar-refractivity contribution in [3.8, 4) is 11.5 Å². The van der Waals surface area contributed by atoms with Crippen LogP contribution in [0.2, 0.25) is 0 Å². The number of sulfonamides is 1. The molecular weight excluding hydrogens is 468 g/mol. The van der Waals surface area contributed by atoms with E-state index >= 15 is 0 Å². The quantitative estimate of drug-likeness (QED) is 0.468. The van der Waals surface area contributed by atoms with Crippen molar-refractivity contribution in [1.82, 2.24) is 5.32 Å². The molecule has 0 radical (unpaired) electrons. The average molecular weight is 489 g/mol. The maximum atomic E-state index is 12.4. The third-order valence-corrected chi connectivity index (χ3v) is 7.47. The summed E-state index contributed by atoms with van der Waals surface area (Å²) in [6.45, 7) is 1.87. The zero-order valence-corrected chi connectivity index (χ0v) is 19.1. The van der Waals surface area contributed by atoms with Gasteiger partial charge in [-0.25, -0.2) is 13.2 Å². The highest BCUT2D eigenvalue weighted by molar-refractivity contribution is 7.94.